The van der Waals surface area contributed by atoms with Gasteiger partial charge in [-0.2, -0.15) is 0 Å². The summed E-state index contributed by atoms with van der Waals surface area (Å²) in [6, 6.07) is 18.8. The zero-order chi connectivity index (χ0) is 14.8. The Balaban J connectivity index is 1.38. The lowest BCUT2D eigenvalue weighted by molar-refractivity contribution is 0.293. The minimum absolute atomic E-state index is 0.492. The molecule has 0 saturated carbocycles. The van der Waals surface area contributed by atoms with E-state index in [1.54, 1.807) is 0 Å². The van der Waals surface area contributed by atoms with Gasteiger partial charge in [0, 0.05) is 24.8 Å². The van der Waals surface area contributed by atoms with Crippen LogP contribution in [0.2, 0.25) is 0 Å². The van der Waals surface area contributed by atoms with Crippen molar-refractivity contribution >= 4 is 16.8 Å². The normalized spacial score (nSPS) is 18.8. The fraction of sp³-hybridized carbons (Fsp3) is 0.278. The highest BCUT2D eigenvalue weighted by Crippen LogP contribution is 2.20. The zero-order valence-corrected chi connectivity index (χ0v) is 12.4. The Morgan fingerprint density at radius 3 is 2.77 bits per heavy atom. The fourth-order valence-electron chi connectivity index (χ4n) is 3.04. The van der Waals surface area contributed by atoms with Crippen LogP contribution in [-0.2, 0) is 6.54 Å². The molecule has 2 heterocycles. The van der Waals surface area contributed by atoms with Gasteiger partial charge in [-0.1, -0.05) is 30.3 Å². The molecular weight excluding hydrogens is 274 g/mol. The highest BCUT2D eigenvalue weighted by Gasteiger charge is 2.23. The maximum Gasteiger partial charge on any atom is 0.209 e. The molecule has 2 aromatic carbocycles. The first-order valence-electron chi connectivity index (χ1n) is 7.75. The van der Waals surface area contributed by atoms with E-state index in [-0.39, 0.29) is 0 Å². The molecule has 1 aliphatic heterocycles. The average Bonchev–Trinajstić information content (AvgIpc) is 3.14. The number of rotatable bonds is 4. The summed E-state index contributed by atoms with van der Waals surface area (Å²) >= 11 is 0. The predicted octanol–water partition coefficient (Wildman–Crippen LogP) is 3.51. The minimum Gasteiger partial charge on any atom is -0.439 e. The van der Waals surface area contributed by atoms with E-state index in [0.29, 0.717) is 6.04 Å². The first-order valence-corrected chi connectivity index (χ1v) is 7.75. The van der Waals surface area contributed by atoms with Crippen LogP contribution in [0.25, 0.3) is 11.1 Å². The van der Waals surface area contributed by atoms with Gasteiger partial charge < -0.3 is 9.73 Å². The summed E-state index contributed by atoms with van der Waals surface area (Å²) in [5.74, 6) is 0.807. The van der Waals surface area contributed by atoms with E-state index < -0.39 is 0 Å². The zero-order valence-electron chi connectivity index (χ0n) is 12.4. The minimum atomic E-state index is 0.492. The lowest BCUT2D eigenvalue weighted by Gasteiger charge is -2.15. The van der Waals surface area contributed by atoms with Crippen LogP contribution in [-0.4, -0.2) is 29.0 Å². The fourth-order valence-corrected chi connectivity index (χ4v) is 3.04. The van der Waals surface area contributed by atoms with Crippen LogP contribution in [0.3, 0.4) is 0 Å². The van der Waals surface area contributed by atoms with E-state index in [1.807, 2.05) is 30.3 Å². The van der Waals surface area contributed by atoms with E-state index in [0.717, 1.165) is 43.0 Å². The number of hydrogen-bond donors (Lipinski definition) is 1. The molecular formula is C18H19N3O. The van der Waals surface area contributed by atoms with Crippen LogP contribution < -0.4 is 5.32 Å². The third kappa shape index (κ3) is 2.83. The number of nitrogens with one attached hydrogen (secondary N) is 1. The molecule has 0 aliphatic carbocycles. The number of fused-ring (bicyclic) bond motifs is 1. The van der Waals surface area contributed by atoms with Crippen LogP contribution in [0.15, 0.2) is 59.0 Å². The lowest BCUT2D eigenvalue weighted by atomic mass is 10.2. The number of anilines is 1. The van der Waals surface area contributed by atoms with Gasteiger partial charge >= 0.3 is 0 Å². The van der Waals surface area contributed by atoms with Gasteiger partial charge in [-0.3, -0.25) is 4.90 Å². The molecule has 1 N–H and O–H groups in total. The van der Waals surface area contributed by atoms with Gasteiger partial charge in [0.05, 0.1) is 6.54 Å². The third-order valence-electron chi connectivity index (χ3n) is 4.11. The highest BCUT2D eigenvalue weighted by molar-refractivity contribution is 5.72. The van der Waals surface area contributed by atoms with Crippen LogP contribution in [0, 0.1) is 0 Å². The number of hydrogen-bond acceptors (Lipinski definition) is 4. The van der Waals surface area contributed by atoms with Gasteiger partial charge in [-0.25, -0.2) is 4.98 Å². The van der Waals surface area contributed by atoms with Gasteiger partial charge in [0.1, 0.15) is 5.52 Å². The van der Waals surface area contributed by atoms with Crippen LogP contribution in [0.1, 0.15) is 12.3 Å². The first kappa shape index (κ1) is 13.3. The van der Waals surface area contributed by atoms with Gasteiger partial charge in [-0.15, -0.1) is 0 Å². The number of likely N-dealkylation sites (tertiary alicyclic amines) is 1. The van der Waals surface area contributed by atoms with Crippen LogP contribution >= 0.6 is 0 Å². The molecule has 4 rings (SSSR count). The molecule has 0 bridgehead atoms. The Hall–Kier alpha value is -2.33. The van der Waals surface area contributed by atoms with E-state index in [4.69, 9.17) is 4.42 Å². The lowest BCUT2D eigenvalue weighted by Crippen LogP contribution is -2.26. The van der Waals surface area contributed by atoms with Gasteiger partial charge in [-0.05, 0) is 30.7 Å². The van der Waals surface area contributed by atoms with Gasteiger partial charge in [0.25, 0.3) is 0 Å². The second-order valence-electron chi connectivity index (χ2n) is 5.81. The monoisotopic (exact) mass is 293 g/mol. The Morgan fingerprint density at radius 2 is 1.91 bits per heavy atom. The van der Waals surface area contributed by atoms with Crippen molar-refractivity contribution in [2.24, 2.45) is 0 Å². The number of aromatic nitrogens is 1. The number of benzene rings is 2. The Kier molecular flexibility index (Phi) is 3.52. The molecule has 0 amide bonds. The van der Waals surface area contributed by atoms with Crippen molar-refractivity contribution in [1.29, 1.82) is 0 Å². The van der Waals surface area contributed by atoms with Crippen molar-refractivity contribution in [3.05, 3.63) is 60.5 Å². The molecule has 1 saturated heterocycles. The van der Waals surface area contributed by atoms with Crippen LogP contribution in [0.5, 0.6) is 0 Å². The van der Waals surface area contributed by atoms with E-state index >= 15 is 0 Å². The predicted molar refractivity (Wildman–Crippen MR) is 87.8 cm³/mol. The molecule has 1 aliphatic rings. The van der Waals surface area contributed by atoms with Gasteiger partial charge in [0.2, 0.25) is 5.89 Å². The number of nitrogens with zero attached hydrogens (tertiary/aromatic N) is 2. The molecule has 0 spiro atoms. The average molecular weight is 293 g/mol. The van der Waals surface area contributed by atoms with Crippen molar-refractivity contribution in [2.75, 3.05) is 18.4 Å². The molecule has 4 heteroatoms. The summed E-state index contributed by atoms with van der Waals surface area (Å²) in [4.78, 5) is 6.95. The molecule has 1 atom stereocenters. The molecule has 0 unspecified atom stereocenters. The Labute approximate surface area is 129 Å². The highest BCUT2D eigenvalue weighted by atomic mass is 16.3. The second-order valence-corrected chi connectivity index (χ2v) is 5.81. The first-order chi connectivity index (χ1) is 10.9. The van der Waals surface area contributed by atoms with Crippen molar-refractivity contribution < 1.29 is 4.42 Å². The topological polar surface area (TPSA) is 41.3 Å². The Morgan fingerprint density at radius 1 is 1.09 bits per heavy atom. The summed E-state index contributed by atoms with van der Waals surface area (Å²) in [5, 5.41) is 3.59. The van der Waals surface area contributed by atoms with Gasteiger partial charge in [0.15, 0.2) is 5.58 Å². The SMILES string of the molecule is c1ccc(N[C@@H]2CCN(Cc3nc4ccccc4o3)C2)cc1. The van der Waals surface area contributed by atoms with Crippen molar-refractivity contribution in [1.82, 2.24) is 9.88 Å². The number of oxazole rings is 1. The summed E-state index contributed by atoms with van der Waals surface area (Å²) in [5.41, 5.74) is 3.00. The van der Waals surface area contributed by atoms with Crippen LogP contribution in [0.4, 0.5) is 5.69 Å². The molecule has 112 valence electrons. The summed E-state index contributed by atoms with van der Waals surface area (Å²) < 4.78 is 5.81. The molecule has 1 aromatic heterocycles. The molecule has 3 aromatic rings. The largest absolute Gasteiger partial charge is 0.439 e. The molecule has 1 fully saturated rings. The quantitative estimate of drug-likeness (QED) is 0.799. The maximum atomic E-state index is 5.81. The third-order valence-corrected chi connectivity index (χ3v) is 4.11. The van der Waals surface area contributed by atoms with Crippen molar-refractivity contribution in [3.8, 4) is 0 Å². The number of para-hydroxylation sites is 3. The van der Waals surface area contributed by atoms with Crippen molar-refractivity contribution in [2.45, 2.75) is 19.0 Å². The van der Waals surface area contributed by atoms with Crippen molar-refractivity contribution in [3.63, 3.8) is 0 Å². The molecule has 0 radical (unpaired) electrons. The molecule has 22 heavy (non-hydrogen) atoms. The molecule has 4 nitrogen and oxygen atoms in total. The Bertz CT molecular complexity index is 720. The van der Waals surface area contributed by atoms with E-state index in [2.05, 4.69) is 39.5 Å². The smallest absolute Gasteiger partial charge is 0.209 e. The van der Waals surface area contributed by atoms with E-state index in [1.165, 1.54) is 5.69 Å². The standard InChI is InChI=1S/C18H19N3O/c1-2-6-14(7-3-1)19-15-10-11-21(12-15)13-18-20-16-8-4-5-9-17(16)22-18/h1-9,15,19H,10-13H2/t15-/m1/s1. The summed E-state index contributed by atoms with van der Waals surface area (Å²) in [6.45, 7) is 2.87. The summed E-state index contributed by atoms with van der Waals surface area (Å²) in [6.07, 6.45) is 1.15. The summed E-state index contributed by atoms with van der Waals surface area (Å²) in [7, 11) is 0. The van der Waals surface area contributed by atoms with E-state index in [9.17, 15) is 0 Å². The maximum absolute atomic E-state index is 5.81. The second kappa shape index (κ2) is 5.81.